The van der Waals surface area contributed by atoms with E-state index in [1.54, 1.807) is 0 Å². The van der Waals surface area contributed by atoms with Crippen molar-refractivity contribution in [2.24, 2.45) is 0 Å². The van der Waals surface area contributed by atoms with Gasteiger partial charge in [0.15, 0.2) is 0 Å². The van der Waals surface area contributed by atoms with Crippen molar-refractivity contribution in [3.8, 4) is 0 Å². The van der Waals surface area contributed by atoms with Crippen molar-refractivity contribution >= 4 is 0 Å². The van der Waals surface area contributed by atoms with Gasteiger partial charge in [-0.1, -0.05) is 6.92 Å². The van der Waals surface area contributed by atoms with Gasteiger partial charge in [-0.2, -0.15) is 0 Å². The third-order valence-corrected chi connectivity index (χ3v) is 1.54. The van der Waals surface area contributed by atoms with Crippen LogP contribution in [0.5, 0.6) is 0 Å². The molecule has 0 saturated heterocycles. The van der Waals surface area contributed by atoms with E-state index < -0.39 is 0 Å². The summed E-state index contributed by atoms with van der Waals surface area (Å²) in [6.07, 6.45) is 3.09. The third-order valence-electron chi connectivity index (χ3n) is 1.54. The molecule has 1 radical (unpaired) electrons. The van der Waals surface area contributed by atoms with E-state index in [1.165, 1.54) is 6.42 Å². The first-order valence-corrected chi connectivity index (χ1v) is 4.08. The fourth-order valence-corrected chi connectivity index (χ4v) is 0.977. The monoisotopic (exact) mass is 144 g/mol. The van der Waals surface area contributed by atoms with Crippen LogP contribution in [0.15, 0.2) is 0 Å². The van der Waals surface area contributed by atoms with Gasteiger partial charge in [0, 0.05) is 0 Å². The van der Waals surface area contributed by atoms with Crippen LogP contribution in [0.25, 0.3) is 0 Å². The maximum atomic E-state index is 10.1. The molecule has 0 bridgehead atoms. The summed E-state index contributed by atoms with van der Waals surface area (Å²) in [5.74, 6) is 0. The van der Waals surface area contributed by atoms with Crippen molar-refractivity contribution in [2.45, 2.75) is 26.2 Å². The highest BCUT2D eigenvalue weighted by Crippen LogP contribution is 1.92. The molecule has 0 saturated carbocycles. The molecule has 0 N–H and O–H groups in total. The summed E-state index contributed by atoms with van der Waals surface area (Å²) in [7, 11) is 2.11. The van der Waals surface area contributed by atoms with Crippen molar-refractivity contribution in [1.82, 2.24) is 4.90 Å². The zero-order valence-electron chi connectivity index (χ0n) is 7.10. The first-order chi connectivity index (χ1) is 4.81. The lowest BCUT2D eigenvalue weighted by molar-refractivity contribution is 0.181. The van der Waals surface area contributed by atoms with Crippen molar-refractivity contribution in [2.75, 3.05) is 26.7 Å². The maximum absolute atomic E-state index is 10.1. The molecule has 0 unspecified atom stereocenters. The Morgan fingerprint density at radius 3 is 2.40 bits per heavy atom. The van der Waals surface area contributed by atoms with Crippen LogP contribution in [-0.2, 0) is 5.11 Å². The largest absolute Gasteiger partial charge is 0.306 e. The Balaban J connectivity index is 2.97. The molecular formula is C8H18NO. The van der Waals surface area contributed by atoms with Crippen molar-refractivity contribution in [3.05, 3.63) is 0 Å². The van der Waals surface area contributed by atoms with Crippen LogP contribution in [-0.4, -0.2) is 31.6 Å². The molecule has 0 aliphatic rings. The highest BCUT2D eigenvalue weighted by molar-refractivity contribution is 4.49. The molecule has 0 aromatic rings. The second-order valence-electron chi connectivity index (χ2n) is 2.71. The van der Waals surface area contributed by atoms with Crippen LogP contribution in [0, 0.1) is 0 Å². The number of rotatable bonds is 6. The van der Waals surface area contributed by atoms with Crippen molar-refractivity contribution < 1.29 is 5.11 Å². The Hall–Kier alpha value is -0.0800. The zero-order chi connectivity index (χ0) is 7.82. The molecule has 0 aliphatic carbocycles. The van der Waals surface area contributed by atoms with Crippen LogP contribution in [0.3, 0.4) is 0 Å². The summed E-state index contributed by atoms with van der Waals surface area (Å²) in [6.45, 7) is 4.49. The first kappa shape index (κ1) is 9.92. The number of nitrogens with zero attached hydrogens (tertiary/aromatic N) is 1. The standard InChI is InChI=1S/C8H18NO/c1-3-6-9(2)7-4-5-8-10/h3-8H2,1-2H3. The summed E-state index contributed by atoms with van der Waals surface area (Å²) in [6, 6.07) is 0. The quantitative estimate of drug-likeness (QED) is 0.518. The van der Waals surface area contributed by atoms with Gasteiger partial charge in [-0.15, -0.1) is 0 Å². The highest BCUT2D eigenvalue weighted by Gasteiger charge is 1.94. The number of unbranched alkanes of at least 4 members (excludes halogenated alkanes) is 1. The van der Waals surface area contributed by atoms with Crippen LogP contribution < -0.4 is 0 Å². The van der Waals surface area contributed by atoms with Gasteiger partial charge < -0.3 is 4.90 Å². The smallest absolute Gasteiger partial charge is 0.0822 e. The van der Waals surface area contributed by atoms with E-state index in [-0.39, 0.29) is 6.61 Å². The topological polar surface area (TPSA) is 23.1 Å². The van der Waals surface area contributed by atoms with Gasteiger partial charge in [0.1, 0.15) is 0 Å². The maximum Gasteiger partial charge on any atom is 0.0822 e. The number of hydrogen-bond acceptors (Lipinski definition) is 1. The molecule has 0 amide bonds. The average Bonchev–Trinajstić information content (AvgIpc) is 1.89. The second-order valence-corrected chi connectivity index (χ2v) is 2.71. The van der Waals surface area contributed by atoms with Gasteiger partial charge in [0.2, 0.25) is 0 Å². The molecule has 0 aromatic heterocycles. The lowest BCUT2D eigenvalue weighted by atomic mass is 10.3. The zero-order valence-corrected chi connectivity index (χ0v) is 7.10. The molecule has 2 heteroatoms. The molecule has 0 spiro atoms. The van der Waals surface area contributed by atoms with Crippen LogP contribution in [0.4, 0.5) is 0 Å². The van der Waals surface area contributed by atoms with Gasteiger partial charge in [0.25, 0.3) is 0 Å². The Labute approximate surface area is 63.8 Å². The Morgan fingerprint density at radius 1 is 1.20 bits per heavy atom. The van der Waals surface area contributed by atoms with E-state index >= 15 is 0 Å². The Kier molecular flexibility index (Phi) is 6.98. The fraction of sp³-hybridized carbons (Fsp3) is 1.00. The van der Waals surface area contributed by atoms with Crippen LogP contribution >= 0.6 is 0 Å². The van der Waals surface area contributed by atoms with Gasteiger partial charge in [-0.25, -0.2) is 5.11 Å². The average molecular weight is 144 g/mol. The molecule has 2 nitrogen and oxygen atoms in total. The molecule has 61 valence electrons. The van der Waals surface area contributed by atoms with Crippen molar-refractivity contribution in [1.29, 1.82) is 0 Å². The van der Waals surface area contributed by atoms with E-state index in [2.05, 4.69) is 18.9 Å². The number of hydrogen-bond donors (Lipinski definition) is 0. The van der Waals surface area contributed by atoms with Crippen molar-refractivity contribution in [3.63, 3.8) is 0 Å². The van der Waals surface area contributed by atoms with Crippen LogP contribution in [0.1, 0.15) is 26.2 Å². The first-order valence-electron chi connectivity index (χ1n) is 4.08. The SMILES string of the molecule is CCCN(C)CCCC[O]. The summed E-state index contributed by atoms with van der Waals surface area (Å²) in [5.41, 5.74) is 0. The van der Waals surface area contributed by atoms with E-state index in [1.807, 2.05) is 0 Å². The minimum absolute atomic E-state index is 0.0833. The van der Waals surface area contributed by atoms with E-state index in [4.69, 9.17) is 0 Å². The molecule has 0 fully saturated rings. The molecule has 0 heterocycles. The normalized spacial score (nSPS) is 10.8. The van der Waals surface area contributed by atoms with E-state index in [0.29, 0.717) is 0 Å². The summed E-state index contributed by atoms with van der Waals surface area (Å²) < 4.78 is 0. The molecule has 0 atom stereocenters. The Bertz CT molecular complexity index is 66.3. The minimum atomic E-state index is 0.0833. The third kappa shape index (κ3) is 6.05. The Morgan fingerprint density at radius 2 is 1.90 bits per heavy atom. The minimum Gasteiger partial charge on any atom is -0.306 e. The van der Waals surface area contributed by atoms with Gasteiger partial charge in [-0.3, -0.25) is 0 Å². The van der Waals surface area contributed by atoms with Gasteiger partial charge in [0.05, 0.1) is 6.61 Å². The predicted octanol–water partition coefficient (Wildman–Crippen LogP) is 1.54. The molecule has 0 aliphatic heterocycles. The lowest BCUT2D eigenvalue weighted by Gasteiger charge is -2.13. The molecule has 0 rings (SSSR count). The fourth-order valence-electron chi connectivity index (χ4n) is 0.977. The second kappa shape index (κ2) is 7.03. The van der Waals surface area contributed by atoms with E-state index in [0.717, 1.165) is 25.9 Å². The summed E-state index contributed by atoms with van der Waals surface area (Å²) in [5, 5.41) is 10.1. The highest BCUT2D eigenvalue weighted by atomic mass is 16.2. The molecular weight excluding hydrogens is 126 g/mol. The van der Waals surface area contributed by atoms with Gasteiger partial charge in [-0.05, 0) is 39.4 Å². The lowest BCUT2D eigenvalue weighted by Crippen LogP contribution is -2.20. The molecule has 0 aromatic carbocycles. The summed E-state index contributed by atoms with van der Waals surface area (Å²) >= 11 is 0. The van der Waals surface area contributed by atoms with Gasteiger partial charge >= 0.3 is 0 Å². The van der Waals surface area contributed by atoms with Crippen LogP contribution in [0.2, 0.25) is 0 Å². The molecule has 10 heavy (non-hydrogen) atoms. The van der Waals surface area contributed by atoms with E-state index in [9.17, 15) is 5.11 Å². The predicted molar refractivity (Wildman–Crippen MR) is 42.6 cm³/mol. The summed E-state index contributed by atoms with van der Waals surface area (Å²) in [4.78, 5) is 2.27.